The molecule has 0 aliphatic carbocycles. The van der Waals surface area contributed by atoms with Gasteiger partial charge in [-0.05, 0) is 39.0 Å². The number of carbonyl (C=O) groups excluding carboxylic acids is 3. The topological polar surface area (TPSA) is 87.2 Å². The number of thioether (sulfide) groups is 1. The lowest BCUT2D eigenvalue weighted by molar-refractivity contribution is -0.154. The summed E-state index contributed by atoms with van der Waals surface area (Å²) in [6.07, 6.45) is 7.71. The molecule has 3 aliphatic rings. The number of hydrogen-bond donors (Lipinski definition) is 1. The smallest absolute Gasteiger partial charge is 0.310 e. The Morgan fingerprint density at radius 2 is 2.15 bits per heavy atom. The Kier molecular flexibility index (Phi) is 8.67. The van der Waals surface area contributed by atoms with E-state index in [1.807, 2.05) is 11.8 Å². The number of rotatable bonds is 13. The monoisotopic (exact) mass is 478 g/mol. The molecule has 3 rings (SSSR count). The number of fused-ring (bicyclic) bond motifs is 1. The molecule has 1 spiro atoms. The minimum absolute atomic E-state index is 0.00797. The highest BCUT2D eigenvalue weighted by atomic mass is 32.2. The minimum Gasteiger partial charge on any atom is -0.465 e. The normalized spacial score (nSPS) is 30.8. The lowest BCUT2D eigenvalue weighted by atomic mass is 9.71. The first-order chi connectivity index (χ1) is 15.9. The Morgan fingerprint density at radius 1 is 1.39 bits per heavy atom. The number of ether oxygens (including phenoxy) is 1. The van der Waals surface area contributed by atoms with E-state index in [2.05, 4.69) is 20.1 Å². The quantitative estimate of drug-likeness (QED) is 0.249. The molecule has 0 radical (unpaired) electrons. The number of aliphatic hydroxyl groups excluding tert-OH is 1. The van der Waals surface area contributed by atoms with Crippen LogP contribution in [-0.4, -0.2) is 81.1 Å². The molecular formula is C25H38N2O5S. The fraction of sp³-hybridized carbons (Fsp3) is 0.720. The Morgan fingerprint density at radius 3 is 2.79 bits per heavy atom. The van der Waals surface area contributed by atoms with Crippen LogP contribution in [0.25, 0.3) is 0 Å². The molecule has 33 heavy (non-hydrogen) atoms. The van der Waals surface area contributed by atoms with Gasteiger partial charge in [0.2, 0.25) is 11.8 Å². The number of carbonyl (C=O) groups is 3. The molecule has 3 fully saturated rings. The van der Waals surface area contributed by atoms with E-state index < -0.39 is 22.6 Å². The molecule has 184 valence electrons. The van der Waals surface area contributed by atoms with Gasteiger partial charge < -0.3 is 19.6 Å². The van der Waals surface area contributed by atoms with Crippen LogP contribution < -0.4 is 0 Å². The maximum absolute atomic E-state index is 14.1. The van der Waals surface area contributed by atoms with Crippen molar-refractivity contribution in [1.82, 2.24) is 9.80 Å². The van der Waals surface area contributed by atoms with Gasteiger partial charge in [0, 0.05) is 31.0 Å². The fourth-order valence-corrected chi connectivity index (χ4v) is 8.08. The van der Waals surface area contributed by atoms with Crippen molar-refractivity contribution in [3.8, 4) is 0 Å². The van der Waals surface area contributed by atoms with Gasteiger partial charge in [0.15, 0.2) is 0 Å². The van der Waals surface area contributed by atoms with Crippen LogP contribution in [0.15, 0.2) is 25.3 Å². The van der Waals surface area contributed by atoms with Gasteiger partial charge in [-0.2, -0.15) is 0 Å². The SMILES string of the molecule is C=CCCOC(=O)[C@@H]1[C@@H]2CCC3(S2)C(C(=O)N(CC=C)C(C)CCC)N(CCCO)C(=O)[C@H]13. The second-order valence-electron chi connectivity index (χ2n) is 9.33. The molecule has 3 unspecified atom stereocenters. The molecule has 2 amide bonds. The summed E-state index contributed by atoms with van der Waals surface area (Å²) in [5.74, 6) is -1.65. The predicted octanol–water partition coefficient (Wildman–Crippen LogP) is 2.78. The molecule has 8 heteroatoms. The molecule has 1 N–H and O–H groups in total. The van der Waals surface area contributed by atoms with Crippen LogP contribution in [0.2, 0.25) is 0 Å². The van der Waals surface area contributed by atoms with Crippen molar-refractivity contribution in [2.45, 2.75) is 74.5 Å². The average molecular weight is 479 g/mol. The lowest BCUT2D eigenvalue weighted by Crippen LogP contribution is -2.56. The second kappa shape index (κ2) is 11.1. The first-order valence-electron chi connectivity index (χ1n) is 12.2. The number of amides is 2. The van der Waals surface area contributed by atoms with Crippen molar-refractivity contribution >= 4 is 29.5 Å². The highest BCUT2D eigenvalue weighted by molar-refractivity contribution is 8.02. The van der Waals surface area contributed by atoms with Crippen LogP contribution in [0.5, 0.6) is 0 Å². The third-order valence-electron chi connectivity index (χ3n) is 7.28. The van der Waals surface area contributed by atoms with Gasteiger partial charge in [-0.3, -0.25) is 14.4 Å². The molecule has 6 atom stereocenters. The minimum atomic E-state index is -0.637. The molecular weight excluding hydrogens is 440 g/mol. The molecule has 3 saturated heterocycles. The summed E-state index contributed by atoms with van der Waals surface area (Å²) < 4.78 is 4.87. The summed E-state index contributed by atoms with van der Waals surface area (Å²) in [5, 5.41) is 9.44. The van der Waals surface area contributed by atoms with Crippen LogP contribution in [0.3, 0.4) is 0 Å². The lowest BCUT2D eigenvalue weighted by Gasteiger charge is -2.39. The summed E-state index contributed by atoms with van der Waals surface area (Å²) in [4.78, 5) is 44.3. The van der Waals surface area contributed by atoms with E-state index in [9.17, 15) is 19.5 Å². The molecule has 3 heterocycles. The zero-order chi connectivity index (χ0) is 24.2. The molecule has 0 aromatic rings. The predicted molar refractivity (Wildman–Crippen MR) is 130 cm³/mol. The second-order valence-corrected chi connectivity index (χ2v) is 10.9. The molecule has 0 aromatic heterocycles. The van der Waals surface area contributed by atoms with E-state index >= 15 is 0 Å². The highest BCUT2D eigenvalue weighted by Gasteiger charge is 2.74. The number of likely N-dealkylation sites (tertiary alicyclic amines) is 1. The van der Waals surface area contributed by atoms with Crippen LogP contribution in [0.4, 0.5) is 0 Å². The number of hydrogen-bond acceptors (Lipinski definition) is 6. The maximum Gasteiger partial charge on any atom is 0.310 e. The largest absolute Gasteiger partial charge is 0.465 e. The van der Waals surface area contributed by atoms with Crippen molar-refractivity contribution in [2.75, 3.05) is 26.3 Å². The molecule has 3 aliphatic heterocycles. The van der Waals surface area contributed by atoms with Gasteiger partial charge in [0.05, 0.1) is 23.2 Å². The van der Waals surface area contributed by atoms with Gasteiger partial charge >= 0.3 is 5.97 Å². The molecule has 2 bridgehead atoms. The summed E-state index contributed by atoms with van der Waals surface area (Å²) in [5.41, 5.74) is 0. The van der Waals surface area contributed by atoms with E-state index in [1.165, 1.54) is 0 Å². The molecule has 0 saturated carbocycles. The summed E-state index contributed by atoms with van der Waals surface area (Å²) in [7, 11) is 0. The van der Waals surface area contributed by atoms with E-state index in [-0.39, 0.29) is 42.3 Å². The third-order valence-corrected chi connectivity index (χ3v) is 9.23. The van der Waals surface area contributed by atoms with Gasteiger partial charge in [-0.1, -0.05) is 25.5 Å². The maximum atomic E-state index is 14.1. The average Bonchev–Trinajstić information content (AvgIpc) is 3.43. The zero-order valence-corrected chi connectivity index (χ0v) is 20.7. The molecule has 7 nitrogen and oxygen atoms in total. The van der Waals surface area contributed by atoms with Crippen molar-refractivity contribution in [3.63, 3.8) is 0 Å². The Labute approximate surface area is 201 Å². The van der Waals surface area contributed by atoms with Crippen molar-refractivity contribution in [1.29, 1.82) is 0 Å². The number of nitrogens with zero attached hydrogens (tertiary/aromatic N) is 2. The third kappa shape index (κ3) is 4.61. The van der Waals surface area contributed by atoms with Crippen LogP contribution >= 0.6 is 11.8 Å². The summed E-state index contributed by atoms with van der Waals surface area (Å²) in [6.45, 7) is 12.5. The zero-order valence-electron chi connectivity index (χ0n) is 19.9. The van der Waals surface area contributed by atoms with Crippen LogP contribution in [0, 0.1) is 11.8 Å². The Balaban J connectivity index is 1.96. The van der Waals surface area contributed by atoms with Gasteiger partial charge in [0.25, 0.3) is 0 Å². The van der Waals surface area contributed by atoms with Gasteiger partial charge in [0.1, 0.15) is 6.04 Å². The summed E-state index contributed by atoms with van der Waals surface area (Å²) >= 11 is 1.64. The fourth-order valence-electron chi connectivity index (χ4n) is 5.88. The van der Waals surface area contributed by atoms with Crippen LogP contribution in [-0.2, 0) is 19.1 Å². The van der Waals surface area contributed by atoms with Crippen LogP contribution in [0.1, 0.15) is 52.4 Å². The highest BCUT2D eigenvalue weighted by Crippen LogP contribution is 2.66. The van der Waals surface area contributed by atoms with Gasteiger partial charge in [-0.25, -0.2) is 0 Å². The summed E-state index contributed by atoms with van der Waals surface area (Å²) in [6, 6.07) is -0.615. The van der Waals surface area contributed by atoms with Crippen molar-refractivity contribution in [2.24, 2.45) is 11.8 Å². The number of esters is 1. The number of aliphatic hydroxyl groups is 1. The van der Waals surface area contributed by atoms with Crippen molar-refractivity contribution < 1.29 is 24.2 Å². The first kappa shape index (κ1) is 25.8. The van der Waals surface area contributed by atoms with Crippen molar-refractivity contribution in [3.05, 3.63) is 25.3 Å². The standard InChI is InChI=1S/C25H38N2O5S/c1-5-8-16-32-24(31)19-18-11-12-25(33-18)20(19)22(29)27(14-9-15-28)21(25)23(30)26(13-7-3)17(4)10-6-2/h5,7,17-21,28H,1,3,6,8-16H2,2,4H3/t17?,18-,19+,20-,21?,25?/m0/s1. The Bertz CT molecular complexity index is 774. The van der Waals surface area contributed by atoms with E-state index in [0.29, 0.717) is 25.9 Å². The van der Waals surface area contributed by atoms with E-state index in [4.69, 9.17) is 4.74 Å². The van der Waals surface area contributed by atoms with E-state index in [1.54, 1.807) is 28.8 Å². The first-order valence-corrected chi connectivity index (χ1v) is 13.0. The molecule has 0 aromatic carbocycles. The van der Waals surface area contributed by atoms with E-state index in [0.717, 1.165) is 25.7 Å². The Hall–Kier alpha value is -1.80. The van der Waals surface area contributed by atoms with Gasteiger partial charge in [-0.15, -0.1) is 24.9 Å².